The lowest BCUT2D eigenvalue weighted by atomic mass is 9.88. The first-order chi connectivity index (χ1) is 12.2. The number of carbonyl (C=O) groups is 1. The third-order valence-electron chi connectivity index (χ3n) is 4.42. The van der Waals surface area contributed by atoms with Gasteiger partial charge in [0.25, 0.3) is 0 Å². The van der Waals surface area contributed by atoms with E-state index in [4.69, 9.17) is 0 Å². The lowest BCUT2D eigenvalue weighted by molar-refractivity contribution is -0.111. The molecule has 0 saturated carbocycles. The van der Waals surface area contributed by atoms with Gasteiger partial charge in [-0.15, -0.1) is 0 Å². The molecule has 26 heavy (non-hydrogen) atoms. The van der Waals surface area contributed by atoms with Gasteiger partial charge < -0.3 is 10.4 Å². The van der Waals surface area contributed by atoms with Crippen molar-refractivity contribution < 1.29 is 23.1 Å². The number of allylic oxidation sites excluding steroid dienone is 6. The minimum atomic E-state index is -4.57. The average molecular weight is 363 g/mol. The molecule has 0 amide bonds. The van der Waals surface area contributed by atoms with Crippen LogP contribution in [0.5, 0.6) is 5.75 Å². The number of phenolic OH excluding ortho intramolecular Hbond substituents is 1. The molecule has 0 aromatic heterocycles. The van der Waals surface area contributed by atoms with E-state index in [2.05, 4.69) is 11.9 Å². The van der Waals surface area contributed by atoms with Crippen LogP contribution in [0.2, 0.25) is 0 Å². The average Bonchev–Trinajstić information content (AvgIpc) is 3.16. The van der Waals surface area contributed by atoms with E-state index in [0.29, 0.717) is 17.7 Å². The molecule has 3 nitrogen and oxygen atoms in total. The second kappa shape index (κ2) is 7.33. The molecular formula is C20H20F3NO2. The van der Waals surface area contributed by atoms with Crippen molar-refractivity contribution >= 4 is 5.78 Å². The van der Waals surface area contributed by atoms with Crippen LogP contribution in [0.1, 0.15) is 12.5 Å². The summed E-state index contributed by atoms with van der Waals surface area (Å²) in [6, 6.07) is 6.62. The fraction of sp³-hybridized carbons (Fsp3) is 0.250. The molecule has 0 spiro atoms. The van der Waals surface area contributed by atoms with Crippen molar-refractivity contribution in [3.8, 4) is 5.75 Å². The van der Waals surface area contributed by atoms with Gasteiger partial charge in [-0.2, -0.15) is 13.2 Å². The number of phenols is 1. The quantitative estimate of drug-likeness (QED) is 0.569. The minimum absolute atomic E-state index is 0.0397. The predicted molar refractivity (Wildman–Crippen MR) is 94.9 cm³/mol. The van der Waals surface area contributed by atoms with Crippen LogP contribution in [-0.2, 0) is 10.2 Å². The van der Waals surface area contributed by atoms with Crippen LogP contribution >= 0.6 is 0 Å². The van der Waals surface area contributed by atoms with Gasteiger partial charge in [0, 0.05) is 23.1 Å². The maximum Gasteiger partial charge on any atom is 0.416 e. The number of para-hydroxylation sites is 1. The first kappa shape index (κ1) is 19.7. The topological polar surface area (TPSA) is 49.3 Å². The third-order valence-corrected chi connectivity index (χ3v) is 4.42. The Morgan fingerprint density at radius 2 is 1.96 bits per heavy atom. The van der Waals surface area contributed by atoms with Gasteiger partial charge in [0.2, 0.25) is 0 Å². The summed E-state index contributed by atoms with van der Waals surface area (Å²) in [4.78, 5) is 12.6. The molecule has 0 radical (unpaired) electrons. The maximum absolute atomic E-state index is 12.9. The Balaban J connectivity index is 2.34. The van der Waals surface area contributed by atoms with Crippen molar-refractivity contribution in [1.82, 2.24) is 5.32 Å². The van der Waals surface area contributed by atoms with Crippen LogP contribution < -0.4 is 5.32 Å². The first-order valence-corrected chi connectivity index (χ1v) is 7.97. The Morgan fingerprint density at radius 3 is 2.50 bits per heavy atom. The largest absolute Gasteiger partial charge is 0.508 e. The number of aromatic hydroxyl groups is 1. The molecule has 1 atom stereocenters. The summed E-state index contributed by atoms with van der Waals surface area (Å²) in [5.74, 6) is -0.474. The SMILES string of the molecule is C=C/C=C(\C=C/C(=O)C1=C(CNC)C1(C)c1ccccc1O)C(F)(F)F. The fourth-order valence-electron chi connectivity index (χ4n) is 3.09. The lowest BCUT2D eigenvalue weighted by Crippen LogP contribution is -2.16. The van der Waals surface area contributed by atoms with Crippen molar-refractivity contribution in [2.45, 2.75) is 18.5 Å². The van der Waals surface area contributed by atoms with Gasteiger partial charge in [-0.1, -0.05) is 36.9 Å². The van der Waals surface area contributed by atoms with Crippen molar-refractivity contribution in [2.24, 2.45) is 0 Å². The molecule has 6 heteroatoms. The zero-order valence-electron chi connectivity index (χ0n) is 14.5. The molecule has 0 aliphatic heterocycles. The predicted octanol–water partition coefficient (Wildman–Crippen LogP) is 3.98. The number of hydrogen-bond acceptors (Lipinski definition) is 3. The summed E-state index contributed by atoms with van der Waals surface area (Å²) in [5, 5.41) is 13.1. The summed E-state index contributed by atoms with van der Waals surface area (Å²) in [6.45, 7) is 5.43. The van der Waals surface area contributed by atoms with Crippen molar-refractivity contribution in [2.75, 3.05) is 13.6 Å². The standard InChI is InChI=1S/C20H20F3NO2/c1-4-7-13(20(21,22)23)10-11-17(26)18-15(12-24-3)19(18,2)14-8-5-6-9-16(14)25/h4-11,24-25H,1,12H2,2-3H3/b11-10-,13-7+. The molecule has 1 aromatic carbocycles. The van der Waals surface area contributed by atoms with Crippen molar-refractivity contribution in [3.63, 3.8) is 0 Å². The summed E-state index contributed by atoms with van der Waals surface area (Å²) in [7, 11) is 1.71. The number of hydrogen-bond donors (Lipinski definition) is 2. The number of likely N-dealkylation sites (N-methyl/N-ethyl adjacent to an activating group) is 1. The first-order valence-electron chi connectivity index (χ1n) is 7.97. The highest BCUT2D eigenvalue weighted by Gasteiger charge is 2.53. The van der Waals surface area contributed by atoms with Gasteiger partial charge in [0.05, 0.1) is 5.57 Å². The van der Waals surface area contributed by atoms with E-state index < -0.39 is 22.9 Å². The highest BCUT2D eigenvalue weighted by Crippen LogP contribution is 2.56. The van der Waals surface area contributed by atoms with Gasteiger partial charge in [-0.25, -0.2) is 0 Å². The second-order valence-electron chi connectivity index (χ2n) is 6.08. The zero-order chi connectivity index (χ0) is 19.5. The van der Waals surface area contributed by atoms with E-state index >= 15 is 0 Å². The highest BCUT2D eigenvalue weighted by atomic mass is 19.4. The molecule has 2 rings (SSSR count). The Bertz CT molecular complexity index is 819. The molecule has 0 heterocycles. The number of alkyl halides is 3. The Labute approximate surface area is 150 Å². The monoisotopic (exact) mass is 363 g/mol. The van der Waals surface area contributed by atoms with E-state index in [1.807, 2.05) is 0 Å². The molecule has 1 unspecified atom stereocenters. The maximum atomic E-state index is 12.9. The summed E-state index contributed by atoms with van der Waals surface area (Å²) < 4.78 is 38.7. The van der Waals surface area contributed by atoms with Crippen LogP contribution in [0, 0.1) is 0 Å². The molecule has 1 aromatic rings. The smallest absolute Gasteiger partial charge is 0.416 e. The molecular weight excluding hydrogens is 343 g/mol. The summed E-state index contributed by atoms with van der Waals surface area (Å²) in [6.07, 6.45) is -1.08. The van der Waals surface area contributed by atoms with Crippen LogP contribution in [0.15, 0.2) is 71.9 Å². The van der Waals surface area contributed by atoms with Crippen LogP contribution in [0.4, 0.5) is 13.2 Å². The number of ketones is 1. The van der Waals surface area contributed by atoms with E-state index in [1.54, 1.807) is 32.2 Å². The number of halogens is 3. The number of nitrogens with one attached hydrogen (secondary N) is 1. The highest BCUT2D eigenvalue weighted by molar-refractivity contribution is 6.12. The lowest BCUT2D eigenvalue weighted by Gasteiger charge is -2.16. The Kier molecular flexibility index (Phi) is 5.56. The Hall–Kier alpha value is -2.60. The zero-order valence-corrected chi connectivity index (χ0v) is 14.5. The fourth-order valence-corrected chi connectivity index (χ4v) is 3.09. The van der Waals surface area contributed by atoms with Gasteiger partial charge in [-0.05, 0) is 37.8 Å². The molecule has 0 fully saturated rings. The minimum Gasteiger partial charge on any atom is -0.508 e. The summed E-state index contributed by atoms with van der Waals surface area (Å²) >= 11 is 0. The Morgan fingerprint density at radius 1 is 1.31 bits per heavy atom. The van der Waals surface area contributed by atoms with Gasteiger partial charge in [0.1, 0.15) is 5.75 Å². The van der Waals surface area contributed by atoms with Gasteiger partial charge >= 0.3 is 6.18 Å². The van der Waals surface area contributed by atoms with Crippen molar-refractivity contribution in [3.05, 3.63) is 77.4 Å². The van der Waals surface area contributed by atoms with Crippen LogP contribution in [0.25, 0.3) is 0 Å². The van der Waals surface area contributed by atoms with Gasteiger partial charge in [-0.3, -0.25) is 4.79 Å². The third kappa shape index (κ3) is 3.65. The second-order valence-corrected chi connectivity index (χ2v) is 6.08. The van der Waals surface area contributed by atoms with E-state index in [-0.39, 0.29) is 5.75 Å². The normalized spacial score (nSPS) is 20.6. The van der Waals surface area contributed by atoms with Crippen LogP contribution in [0.3, 0.4) is 0 Å². The van der Waals surface area contributed by atoms with Gasteiger partial charge in [0.15, 0.2) is 5.78 Å². The van der Waals surface area contributed by atoms with Crippen molar-refractivity contribution in [1.29, 1.82) is 0 Å². The van der Waals surface area contributed by atoms with E-state index in [1.165, 1.54) is 6.07 Å². The van der Waals surface area contributed by atoms with E-state index in [9.17, 15) is 23.1 Å². The summed E-state index contributed by atoms with van der Waals surface area (Å²) in [5.41, 5.74) is -0.0561. The van der Waals surface area contributed by atoms with Crippen LogP contribution in [-0.4, -0.2) is 30.7 Å². The number of benzene rings is 1. The van der Waals surface area contributed by atoms with E-state index in [0.717, 1.165) is 29.9 Å². The molecule has 1 aliphatic rings. The molecule has 0 bridgehead atoms. The molecule has 1 aliphatic carbocycles. The molecule has 0 saturated heterocycles. The number of carbonyl (C=O) groups excluding carboxylic acids is 1. The number of rotatable bonds is 7. The molecule has 138 valence electrons. The molecule has 2 N–H and O–H groups in total.